The van der Waals surface area contributed by atoms with Crippen molar-refractivity contribution in [2.45, 2.75) is 129 Å². The van der Waals surface area contributed by atoms with E-state index in [0.29, 0.717) is 0 Å². The molecule has 0 aliphatic heterocycles. The van der Waals surface area contributed by atoms with Crippen molar-refractivity contribution >= 4 is 11.9 Å². The van der Waals surface area contributed by atoms with Crippen molar-refractivity contribution in [3.05, 3.63) is 0 Å². The van der Waals surface area contributed by atoms with E-state index in [-0.39, 0.29) is 12.8 Å². The maximum atomic E-state index is 9.99. The van der Waals surface area contributed by atoms with Gasteiger partial charge in [-0.1, -0.05) is 96.8 Å². The minimum Gasteiger partial charge on any atom is -0.481 e. The number of hydrogen-bond acceptors (Lipinski definition) is 3. The Labute approximate surface area is 198 Å². The van der Waals surface area contributed by atoms with Gasteiger partial charge in [0, 0.05) is 6.42 Å². The van der Waals surface area contributed by atoms with E-state index in [4.69, 9.17) is 15.9 Å². The second-order valence-electron chi connectivity index (χ2n) is 10.2. The highest BCUT2D eigenvalue weighted by Crippen LogP contribution is 2.13. The van der Waals surface area contributed by atoms with Crippen LogP contribution in [-0.2, 0) is 9.59 Å². The second-order valence-corrected chi connectivity index (χ2v) is 10.2. The van der Waals surface area contributed by atoms with Gasteiger partial charge < -0.3 is 20.4 Å². The molecule has 0 spiro atoms. The highest BCUT2D eigenvalue weighted by molar-refractivity contribution is 5.74. The van der Waals surface area contributed by atoms with Crippen molar-refractivity contribution in [3.8, 4) is 0 Å². The smallest absolute Gasteiger partial charge is 0.320 e. The zero-order valence-corrected chi connectivity index (χ0v) is 21.7. The molecule has 6 nitrogen and oxygen atoms in total. The fourth-order valence-electron chi connectivity index (χ4n) is 3.54. The summed E-state index contributed by atoms with van der Waals surface area (Å²) in [5.41, 5.74) is 5.00. The van der Waals surface area contributed by atoms with Gasteiger partial charge in [0.15, 0.2) is 0 Å². The summed E-state index contributed by atoms with van der Waals surface area (Å²) in [7, 11) is 6.89. The number of hydrogen-bond donors (Lipinski definition) is 3. The SMILES string of the molecule is CCCCCCCCCCCCCCCCCC[N+](C)(C)C.N[C@@H](CCC(=O)O)C(=O)O. The van der Waals surface area contributed by atoms with Gasteiger partial charge in [0.05, 0.1) is 27.7 Å². The number of nitrogens with two attached hydrogens (primary N) is 1. The van der Waals surface area contributed by atoms with E-state index in [1.807, 2.05) is 0 Å². The zero-order chi connectivity index (χ0) is 24.7. The Hall–Kier alpha value is -1.14. The first-order valence-electron chi connectivity index (χ1n) is 13.1. The van der Waals surface area contributed by atoms with Gasteiger partial charge in [0.2, 0.25) is 0 Å². The Balaban J connectivity index is 0. The van der Waals surface area contributed by atoms with Crippen LogP contribution in [-0.4, -0.2) is 60.4 Å². The highest BCUT2D eigenvalue weighted by Gasteiger charge is 2.12. The van der Waals surface area contributed by atoms with Crippen LogP contribution in [0.1, 0.15) is 122 Å². The van der Waals surface area contributed by atoms with Crippen LogP contribution < -0.4 is 5.73 Å². The molecule has 0 aromatic carbocycles. The van der Waals surface area contributed by atoms with Gasteiger partial charge in [0.1, 0.15) is 6.04 Å². The number of quaternary nitrogens is 1. The summed E-state index contributed by atoms with van der Waals surface area (Å²) in [5, 5.41) is 16.3. The predicted molar refractivity (Wildman–Crippen MR) is 135 cm³/mol. The van der Waals surface area contributed by atoms with Crippen LogP contribution in [0.25, 0.3) is 0 Å². The van der Waals surface area contributed by atoms with E-state index >= 15 is 0 Å². The quantitative estimate of drug-likeness (QED) is 0.140. The van der Waals surface area contributed by atoms with Gasteiger partial charge in [-0.15, -0.1) is 0 Å². The molecule has 4 N–H and O–H groups in total. The maximum Gasteiger partial charge on any atom is 0.320 e. The van der Waals surface area contributed by atoms with Gasteiger partial charge >= 0.3 is 11.9 Å². The summed E-state index contributed by atoms with van der Waals surface area (Å²) >= 11 is 0. The van der Waals surface area contributed by atoms with Crippen molar-refractivity contribution in [1.29, 1.82) is 0 Å². The van der Waals surface area contributed by atoms with Crippen LogP contribution in [0.4, 0.5) is 0 Å². The predicted octanol–water partition coefficient (Wildman–Crippen LogP) is 6.22. The molecule has 192 valence electrons. The lowest BCUT2D eigenvalue weighted by atomic mass is 10.0. The number of carbonyl (C=O) groups is 2. The lowest BCUT2D eigenvalue weighted by molar-refractivity contribution is -0.870. The Kier molecular flexibility index (Phi) is 23.8. The summed E-state index contributed by atoms with van der Waals surface area (Å²) in [6, 6.07) is -1.06. The van der Waals surface area contributed by atoms with E-state index in [2.05, 4.69) is 28.1 Å². The van der Waals surface area contributed by atoms with E-state index < -0.39 is 18.0 Å². The van der Waals surface area contributed by atoms with E-state index in [1.54, 1.807) is 0 Å². The first-order valence-corrected chi connectivity index (χ1v) is 13.1. The Morgan fingerprint density at radius 2 is 1.03 bits per heavy atom. The van der Waals surface area contributed by atoms with Crippen LogP contribution in [0.3, 0.4) is 0 Å². The van der Waals surface area contributed by atoms with E-state index in [9.17, 15) is 9.59 Å². The first kappa shape index (κ1) is 33.0. The Morgan fingerprint density at radius 1 is 0.688 bits per heavy atom. The third kappa shape index (κ3) is 31.0. The topological polar surface area (TPSA) is 101 Å². The number of rotatable bonds is 21. The first-order chi connectivity index (χ1) is 15.1. The van der Waals surface area contributed by atoms with Gasteiger partial charge in [-0.05, 0) is 19.3 Å². The summed E-state index contributed by atoms with van der Waals surface area (Å²) in [5.74, 6) is -2.20. The van der Waals surface area contributed by atoms with E-state index in [0.717, 1.165) is 4.48 Å². The lowest BCUT2D eigenvalue weighted by Crippen LogP contribution is -2.35. The molecule has 0 aliphatic carbocycles. The summed E-state index contributed by atoms with van der Waals surface area (Å²) < 4.78 is 1.12. The minimum atomic E-state index is -1.17. The molecule has 0 bridgehead atoms. The molecule has 0 amide bonds. The molecule has 0 unspecified atom stereocenters. The van der Waals surface area contributed by atoms with Gasteiger partial charge in [-0.3, -0.25) is 9.59 Å². The molecular formula is C26H55N2O4+. The number of nitrogens with zero attached hydrogens (tertiary/aromatic N) is 1. The number of aliphatic carboxylic acids is 2. The molecule has 0 radical (unpaired) electrons. The molecule has 6 heteroatoms. The van der Waals surface area contributed by atoms with Crippen LogP contribution in [0.15, 0.2) is 0 Å². The number of unbranched alkanes of at least 4 members (excludes halogenated alkanes) is 15. The summed E-state index contributed by atoms with van der Waals surface area (Å²) in [6.07, 6.45) is 23.1. The monoisotopic (exact) mass is 459 g/mol. The molecular weight excluding hydrogens is 404 g/mol. The van der Waals surface area contributed by atoms with Crippen LogP contribution in [0.2, 0.25) is 0 Å². The van der Waals surface area contributed by atoms with E-state index in [1.165, 1.54) is 109 Å². The summed E-state index contributed by atoms with van der Waals surface area (Å²) in [4.78, 5) is 19.9. The van der Waals surface area contributed by atoms with Crippen LogP contribution in [0.5, 0.6) is 0 Å². The molecule has 32 heavy (non-hydrogen) atoms. The molecule has 0 aliphatic rings. The second kappa shape index (κ2) is 23.0. The van der Waals surface area contributed by atoms with Crippen molar-refractivity contribution < 1.29 is 24.3 Å². The lowest BCUT2D eigenvalue weighted by Gasteiger charge is -2.23. The Morgan fingerprint density at radius 3 is 1.31 bits per heavy atom. The minimum absolute atomic E-state index is 0.0231. The van der Waals surface area contributed by atoms with Crippen molar-refractivity contribution in [1.82, 2.24) is 0 Å². The molecule has 0 fully saturated rings. The largest absolute Gasteiger partial charge is 0.481 e. The molecule has 0 saturated carbocycles. The molecule has 0 saturated heterocycles. The fourth-order valence-corrected chi connectivity index (χ4v) is 3.54. The number of carboxylic acid groups (broad SMARTS) is 2. The van der Waals surface area contributed by atoms with Crippen molar-refractivity contribution in [2.75, 3.05) is 27.7 Å². The molecule has 0 heterocycles. The molecule has 1 atom stereocenters. The molecule has 0 aromatic heterocycles. The Bertz CT molecular complexity index is 436. The zero-order valence-electron chi connectivity index (χ0n) is 21.7. The molecule has 0 aromatic rings. The highest BCUT2D eigenvalue weighted by atomic mass is 16.4. The normalized spacial score (nSPS) is 12.2. The average Bonchev–Trinajstić information content (AvgIpc) is 2.71. The van der Waals surface area contributed by atoms with Gasteiger partial charge in [-0.2, -0.15) is 0 Å². The summed E-state index contributed by atoms with van der Waals surface area (Å²) in [6.45, 7) is 3.63. The van der Waals surface area contributed by atoms with Crippen molar-refractivity contribution in [3.63, 3.8) is 0 Å². The average molecular weight is 460 g/mol. The van der Waals surface area contributed by atoms with Gasteiger partial charge in [-0.25, -0.2) is 0 Å². The van der Waals surface area contributed by atoms with Crippen molar-refractivity contribution in [2.24, 2.45) is 5.73 Å². The standard InChI is InChI=1S/C21H46N.C5H9NO4/c1-5-6-7-8-9-10-11-12-13-14-15-16-17-18-19-20-21-22(2,3)4;6-3(5(9)10)1-2-4(7)8/h5-21H2,1-4H3;3H,1-2,6H2,(H,7,8)(H,9,10)/q+1;/t;3-/m.0/s1. The van der Waals surface area contributed by atoms with Crippen LogP contribution >= 0.6 is 0 Å². The third-order valence-electron chi connectivity index (χ3n) is 5.67. The number of carboxylic acids is 2. The fraction of sp³-hybridized carbons (Fsp3) is 0.923. The van der Waals surface area contributed by atoms with Crippen LogP contribution in [0, 0.1) is 0 Å². The maximum absolute atomic E-state index is 9.99. The van der Waals surface area contributed by atoms with Gasteiger partial charge in [0.25, 0.3) is 0 Å². The molecule has 0 rings (SSSR count). The third-order valence-corrected chi connectivity index (χ3v) is 5.67.